The van der Waals surface area contributed by atoms with Crippen LogP contribution >= 0.6 is 0 Å². The summed E-state index contributed by atoms with van der Waals surface area (Å²) >= 11 is 0. The summed E-state index contributed by atoms with van der Waals surface area (Å²) in [7, 11) is 0. The molecule has 4 rings (SSSR count). The number of carbonyl (C=O) groups excluding carboxylic acids is 4. The number of ether oxygens (including phenoxy) is 4. The van der Waals surface area contributed by atoms with E-state index in [0.29, 0.717) is 4.90 Å². The quantitative estimate of drug-likeness (QED) is 0.267. The van der Waals surface area contributed by atoms with Gasteiger partial charge in [-0.3, -0.25) is 0 Å². The number of hydrogen-bond acceptors (Lipinski definition) is 12. The van der Waals surface area contributed by atoms with E-state index in [1.54, 1.807) is 51.8 Å². The molecule has 4 fully saturated rings. The van der Waals surface area contributed by atoms with Crippen LogP contribution in [0.4, 0.5) is 19.2 Å². The number of nitrogens with zero attached hydrogens (tertiary/aromatic N) is 4. The second-order valence-corrected chi connectivity index (χ2v) is 15.2. The maximum Gasteiger partial charge on any atom is 0.410 e. The first-order valence-electron chi connectivity index (χ1n) is 24.8. The first-order valence-corrected chi connectivity index (χ1v) is 16.8. The molecule has 0 aromatic heterocycles. The predicted octanol–water partition coefficient (Wildman–Crippen LogP) is 3.31. The fourth-order valence-corrected chi connectivity index (χ4v) is 3.47. The Bertz CT molecular complexity index is 1690. The normalized spacial score (nSPS) is 30.8. The Morgan fingerprint density at radius 3 is 1.06 bits per heavy atom. The SMILES string of the molecule is CC(C)(C)OC(=O)N1CCNCC1.[2H]C1([2H])CN(C(=O)OC(C)(C)C)CC([2H])([2H])N1.[2H]C1([2H])CNCC([2H])([2H])N1C(=O)OC(C)(C)C.[2H]C1([2H])NC([2H])([2H])C([2H])([2H])N(C(=O)OC(C)(C)C)C1([2H])[2H]. The van der Waals surface area contributed by atoms with Gasteiger partial charge in [0.1, 0.15) is 22.4 Å². The lowest BCUT2D eigenvalue weighted by Gasteiger charge is -2.30. The topological polar surface area (TPSA) is 166 Å². The molecule has 0 spiro atoms. The smallest absolute Gasteiger partial charge is 0.410 e. The van der Waals surface area contributed by atoms with Crippen LogP contribution in [0, 0.1) is 0 Å². The van der Waals surface area contributed by atoms with Crippen LogP contribution in [0.1, 0.15) is 105 Å². The van der Waals surface area contributed by atoms with Gasteiger partial charge < -0.3 is 59.8 Å². The average molecular weight is 761 g/mol. The third-order valence-corrected chi connectivity index (χ3v) is 5.47. The predicted molar refractivity (Wildman–Crippen MR) is 203 cm³/mol. The third-order valence-electron chi connectivity index (χ3n) is 5.47. The van der Waals surface area contributed by atoms with Crippen molar-refractivity contribution in [2.45, 2.75) is 105 Å². The van der Waals surface area contributed by atoms with E-state index in [9.17, 15) is 19.2 Å². The Labute approximate surface area is 335 Å². The Balaban J connectivity index is 0.000000459. The van der Waals surface area contributed by atoms with Crippen LogP contribution in [-0.2, 0) is 18.9 Å². The van der Waals surface area contributed by atoms with Gasteiger partial charge in [0.05, 0.1) is 11.0 Å². The van der Waals surface area contributed by atoms with E-state index in [4.69, 9.17) is 40.9 Å². The van der Waals surface area contributed by atoms with Crippen LogP contribution in [-0.4, -0.2) is 171 Å². The monoisotopic (exact) mass is 761 g/mol. The zero-order valence-corrected chi connectivity index (χ0v) is 32.7. The Morgan fingerprint density at radius 2 is 0.692 bits per heavy atom. The molecule has 0 radical (unpaired) electrons. The minimum absolute atomic E-state index is 0.119. The van der Waals surface area contributed by atoms with Crippen molar-refractivity contribution in [3.05, 3.63) is 0 Å². The summed E-state index contributed by atoms with van der Waals surface area (Å²) in [4.78, 5) is 50.3. The minimum atomic E-state index is -3.16. The molecule has 4 amide bonds. The summed E-state index contributed by atoms with van der Waals surface area (Å²) in [6, 6.07) is 0. The fraction of sp³-hybridized carbons (Fsp3) is 0.889. The second-order valence-electron chi connectivity index (χ2n) is 15.2. The van der Waals surface area contributed by atoms with Gasteiger partial charge in [-0.25, -0.2) is 19.2 Å². The molecule has 4 heterocycles. The van der Waals surface area contributed by atoms with E-state index in [0.717, 1.165) is 31.1 Å². The van der Waals surface area contributed by atoms with Crippen molar-refractivity contribution in [3.63, 3.8) is 0 Å². The van der Waals surface area contributed by atoms with Crippen LogP contribution in [0.15, 0.2) is 0 Å². The molecule has 16 nitrogen and oxygen atoms in total. The lowest BCUT2D eigenvalue weighted by atomic mass is 10.2. The van der Waals surface area contributed by atoms with E-state index in [2.05, 4.69) is 16.0 Å². The number of amides is 4. The average Bonchev–Trinajstić information content (AvgIpc) is 3.03. The molecule has 16 heteroatoms. The Hall–Kier alpha value is -3.08. The van der Waals surface area contributed by atoms with Crippen molar-refractivity contribution >= 4 is 24.4 Å². The standard InChI is InChI=1S/4C9H18N2O2/c4*1-9(2,3)13-8(12)11-6-4-10-5-7-11/h4*10H,4-7H2,1-3H3/i4D2,5D2,6D2,7D2;6D2,7D2;4D2,5D2;. The van der Waals surface area contributed by atoms with E-state index in [1.165, 1.54) is 20.8 Å². The zero-order chi connectivity index (χ0) is 53.9. The van der Waals surface area contributed by atoms with Crippen molar-refractivity contribution in [1.29, 1.82) is 0 Å². The van der Waals surface area contributed by atoms with Gasteiger partial charge in [0, 0.05) is 115 Å². The Morgan fingerprint density at radius 1 is 0.404 bits per heavy atom. The first kappa shape index (κ1) is 26.7. The summed E-state index contributed by atoms with van der Waals surface area (Å²) < 4.78 is 142. The van der Waals surface area contributed by atoms with Crippen molar-refractivity contribution in [2.75, 3.05) is 104 Å². The molecule has 0 unspecified atom stereocenters. The van der Waals surface area contributed by atoms with Gasteiger partial charge in [-0.15, -0.1) is 0 Å². The number of piperazine rings is 4. The van der Waals surface area contributed by atoms with E-state index in [1.807, 2.05) is 20.8 Å². The highest BCUT2D eigenvalue weighted by Crippen LogP contribution is 2.13. The molecule has 4 N–H and O–H groups in total. The second kappa shape index (κ2) is 22.2. The fourth-order valence-electron chi connectivity index (χ4n) is 3.47. The first-order chi connectivity index (χ1) is 29.8. The van der Waals surface area contributed by atoms with E-state index >= 15 is 0 Å². The molecular weight excluding hydrogens is 672 g/mol. The summed E-state index contributed by atoms with van der Waals surface area (Å²) in [5.74, 6) is 0. The Kier molecular flexibility index (Phi) is 11.4. The van der Waals surface area contributed by atoms with Gasteiger partial charge >= 0.3 is 24.4 Å². The van der Waals surface area contributed by atoms with Gasteiger partial charge in [0.15, 0.2) is 0 Å². The van der Waals surface area contributed by atoms with Crippen molar-refractivity contribution in [1.82, 2.24) is 40.9 Å². The van der Waals surface area contributed by atoms with Gasteiger partial charge in [0.2, 0.25) is 0 Å². The van der Waals surface area contributed by atoms with Gasteiger partial charge in [0.25, 0.3) is 0 Å². The highest BCUT2D eigenvalue weighted by atomic mass is 16.6. The van der Waals surface area contributed by atoms with Crippen LogP contribution in [0.25, 0.3) is 0 Å². The number of hydrogen-bond donors (Lipinski definition) is 4. The molecule has 4 aliphatic heterocycles. The van der Waals surface area contributed by atoms with Gasteiger partial charge in [-0.2, -0.15) is 0 Å². The number of carbonyl (C=O) groups is 4. The highest BCUT2D eigenvalue weighted by molar-refractivity contribution is 5.69. The summed E-state index contributed by atoms with van der Waals surface area (Å²) in [5.41, 5.74) is -2.93. The van der Waals surface area contributed by atoms with Gasteiger partial charge in [-0.1, -0.05) is 0 Å². The van der Waals surface area contributed by atoms with Crippen LogP contribution < -0.4 is 21.3 Å². The molecule has 304 valence electrons. The summed E-state index contributed by atoms with van der Waals surface area (Å²) in [6.45, 7) is 2.15. The molecule has 0 bridgehead atoms. The van der Waals surface area contributed by atoms with Gasteiger partial charge in [-0.05, 0) is 83.1 Å². The lowest BCUT2D eigenvalue weighted by Crippen LogP contribution is -2.48. The molecule has 0 aliphatic carbocycles. The van der Waals surface area contributed by atoms with Crippen LogP contribution in [0.3, 0.4) is 0 Å². The maximum absolute atomic E-state index is 12.1. The molecule has 0 aromatic rings. The van der Waals surface area contributed by atoms with E-state index in [-0.39, 0.29) is 42.8 Å². The van der Waals surface area contributed by atoms with Crippen molar-refractivity contribution in [2.24, 2.45) is 0 Å². The summed E-state index contributed by atoms with van der Waals surface area (Å²) in [5, 5.41) is 9.62. The summed E-state index contributed by atoms with van der Waals surface area (Å²) in [6.07, 6.45) is -3.36. The molecule has 0 aromatic carbocycles. The van der Waals surface area contributed by atoms with Crippen molar-refractivity contribution in [3.8, 4) is 0 Å². The maximum atomic E-state index is 12.1. The molecule has 0 saturated carbocycles. The molecule has 52 heavy (non-hydrogen) atoms. The zero-order valence-electron chi connectivity index (χ0n) is 48.7. The molecule has 4 saturated heterocycles. The number of rotatable bonds is 0. The van der Waals surface area contributed by atoms with Crippen molar-refractivity contribution < 1.29 is 60.1 Å². The minimum Gasteiger partial charge on any atom is -0.444 e. The molecular formula is C36H72N8O8. The number of nitrogens with one attached hydrogen (secondary N) is 4. The molecule has 4 aliphatic rings. The van der Waals surface area contributed by atoms with Crippen LogP contribution in [0.2, 0.25) is 0 Å². The third kappa shape index (κ3) is 23.5. The highest BCUT2D eigenvalue weighted by Gasteiger charge is 2.26. The molecule has 0 atom stereocenters. The largest absolute Gasteiger partial charge is 0.444 e. The lowest BCUT2D eigenvalue weighted by molar-refractivity contribution is 0.0218. The van der Waals surface area contributed by atoms with Crippen LogP contribution in [0.5, 0.6) is 0 Å². The van der Waals surface area contributed by atoms with E-state index < -0.39 is 87.1 Å².